The van der Waals surface area contributed by atoms with Gasteiger partial charge in [-0.1, -0.05) is 12.1 Å². The Bertz CT molecular complexity index is 1330. The SMILES string of the molecule is [C-]#[N+]C1CN(C(=O)[C@H](CCCN[C@@H]2C[C@H]2c2ccc(F)cc2)NC(=O)c2ccc(-n3ccnc3)cc2F)C1. The highest BCUT2D eigenvalue weighted by atomic mass is 19.1. The Morgan fingerprint density at radius 1 is 1.16 bits per heavy atom. The van der Waals surface area contributed by atoms with Crippen LogP contribution in [0.2, 0.25) is 0 Å². The minimum atomic E-state index is -0.823. The van der Waals surface area contributed by atoms with Gasteiger partial charge in [0.2, 0.25) is 5.91 Å². The third-order valence-corrected chi connectivity index (χ3v) is 7.12. The lowest BCUT2D eigenvalue weighted by atomic mass is 10.0. The molecule has 10 heteroatoms. The standard InChI is InChI=1S/C28H28F2N6O2/c1-31-20-15-36(16-20)28(38)25(3-2-10-33-26-14-23(26)18-4-6-19(29)7-5-18)34-27(37)22-9-8-21(13-24(22)30)35-12-11-32-17-35/h4-9,11-13,17,20,23,25-26,33H,2-3,10,14-16H2,(H,34,37)/t23-,25-,26+/m0/s1. The number of carbonyl (C=O) groups is 2. The van der Waals surface area contributed by atoms with E-state index in [4.69, 9.17) is 6.57 Å². The molecule has 1 aromatic heterocycles. The summed E-state index contributed by atoms with van der Waals surface area (Å²) in [6.07, 6.45) is 6.73. The van der Waals surface area contributed by atoms with Gasteiger partial charge < -0.3 is 24.9 Å². The number of amides is 2. The van der Waals surface area contributed by atoms with E-state index in [1.54, 1.807) is 40.1 Å². The van der Waals surface area contributed by atoms with Crippen LogP contribution in [0.3, 0.4) is 0 Å². The van der Waals surface area contributed by atoms with Crippen LogP contribution in [0.25, 0.3) is 10.5 Å². The second kappa shape index (κ2) is 11.1. The Morgan fingerprint density at radius 3 is 2.63 bits per heavy atom. The lowest BCUT2D eigenvalue weighted by molar-refractivity contribution is -0.137. The molecular formula is C28H28F2N6O2. The van der Waals surface area contributed by atoms with Crippen molar-refractivity contribution in [2.45, 2.75) is 43.3 Å². The van der Waals surface area contributed by atoms with Gasteiger partial charge in [0, 0.05) is 30.0 Å². The molecule has 1 saturated carbocycles. The molecule has 1 aliphatic carbocycles. The molecule has 8 nitrogen and oxygen atoms in total. The molecular weight excluding hydrogens is 490 g/mol. The number of carbonyl (C=O) groups excluding carboxylic acids is 2. The van der Waals surface area contributed by atoms with E-state index in [0.717, 1.165) is 12.0 Å². The Balaban J connectivity index is 1.18. The summed E-state index contributed by atoms with van der Waals surface area (Å²) in [6, 6.07) is 10.0. The van der Waals surface area contributed by atoms with Crippen LogP contribution in [0.4, 0.5) is 8.78 Å². The fourth-order valence-corrected chi connectivity index (χ4v) is 4.78. The van der Waals surface area contributed by atoms with Gasteiger partial charge in [-0.25, -0.2) is 20.3 Å². The quantitative estimate of drug-likeness (QED) is 0.319. The van der Waals surface area contributed by atoms with Crippen molar-refractivity contribution in [3.8, 4) is 5.69 Å². The van der Waals surface area contributed by atoms with Crippen LogP contribution >= 0.6 is 0 Å². The highest BCUT2D eigenvalue weighted by molar-refractivity contribution is 5.98. The molecule has 0 bridgehead atoms. The van der Waals surface area contributed by atoms with Crippen molar-refractivity contribution in [1.82, 2.24) is 25.1 Å². The van der Waals surface area contributed by atoms with Gasteiger partial charge in [0.05, 0.1) is 25.0 Å². The van der Waals surface area contributed by atoms with Crippen molar-refractivity contribution < 1.29 is 18.4 Å². The van der Waals surface area contributed by atoms with Gasteiger partial charge in [-0.05, 0) is 61.7 Å². The largest absolute Gasteiger partial charge is 0.340 e. The smallest absolute Gasteiger partial charge is 0.258 e. The van der Waals surface area contributed by atoms with E-state index in [0.29, 0.717) is 50.1 Å². The van der Waals surface area contributed by atoms with E-state index in [9.17, 15) is 18.4 Å². The average Bonchev–Trinajstić information content (AvgIpc) is 3.43. The summed E-state index contributed by atoms with van der Waals surface area (Å²) >= 11 is 0. The van der Waals surface area contributed by atoms with Gasteiger partial charge in [0.15, 0.2) is 0 Å². The van der Waals surface area contributed by atoms with Gasteiger partial charge >= 0.3 is 0 Å². The van der Waals surface area contributed by atoms with Crippen molar-refractivity contribution in [3.05, 3.63) is 95.4 Å². The first-order valence-electron chi connectivity index (χ1n) is 12.7. The zero-order valence-electron chi connectivity index (χ0n) is 20.7. The molecule has 3 aromatic rings. The third kappa shape index (κ3) is 5.73. The lowest BCUT2D eigenvalue weighted by Gasteiger charge is -2.34. The predicted molar refractivity (Wildman–Crippen MR) is 137 cm³/mol. The molecule has 2 N–H and O–H groups in total. The normalized spacial score (nSPS) is 19.3. The first-order valence-corrected chi connectivity index (χ1v) is 12.7. The predicted octanol–water partition coefficient (Wildman–Crippen LogP) is 3.30. The van der Waals surface area contributed by atoms with Gasteiger partial charge in [0.1, 0.15) is 17.7 Å². The van der Waals surface area contributed by atoms with Crippen molar-refractivity contribution in [3.63, 3.8) is 0 Å². The molecule has 196 valence electrons. The molecule has 2 aromatic carbocycles. The Labute approximate surface area is 219 Å². The van der Waals surface area contributed by atoms with Gasteiger partial charge in [0.25, 0.3) is 11.9 Å². The lowest BCUT2D eigenvalue weighted by Crippen LogP contribution is -2.58. The fraction of sp³-hybridized carbons (Fsp3) is 0.357. The maximum Gasteiger partial charge on any atom is 0.258 e. The molecule has 38 heavy (non-hydrogen) atoms. The van der Waals surface area contributed by atoms with Crippen molar-refractivity contribution in [1.29, 1.82) is 0 Å². The minimum absolute atomic E-state index is 0.146. The maximum absolute atomic E-state index is 14.8. The maximum atomic E-state index is 14.8. The van der Waals surface area contributed by atoms with Crippen LogP contribution in [-0.2, 0) is 4.79 Å². The van der Waals surface area contributed by atoms with Gasteiger partial charge in [-0.3, -0.25) is 9.59 Å². The highest BCUT2D eigenvalue weighted by Crippen LogP contribution is 2.40. The number of rotatable bonds is 10. The molecule has 2 fully saturated rings. The number of aromatic nitrogens is 2. The van der Waals surface area contributed by atoms with Crippen molar-refractivity contribution in [2.75, 3.05) is 19.6 Å². The number of hydrogen-bond acceptors (Lipinski definition) is 4. The van der Waals surface area contributed by atoms with Crippen LogP contribution < -0.4 is 10.6 Å². The van der Waals surface area contributed by atoms with E-state index in [1.807, 2.05) is 0 Å². The Hall–Kier alpha value is -4.10. The summed E-state index contributed by atoms with van der Waals surface area (Å²) in [4.78, 5) is 35.0. The summed E-state index contributed by atoms with van der Waals surface area (Å²) in [5.41, 5.74) is 1.48. The molecule has 3 atom stereocenters. The molecule has 0 spiro atoms. The molecule has 0 radical (unpaired) electrons. The number of halogens is 2. The second-order valence-corrected chi connectivity index (χ2v) is 9.78. The van der Waals surface area contributed by atoms with Gasteiger partial charge in [-0.2, -0.15) is 0 Å². The molecule has 1 saturated heterocycles. The first kappa shape index (κ1) is 25.5. The van der Waals surface area contributed by atoms with E-state index in [-0.39, 0.29) is 23.3 Å². The Kier molecular flexibility index (Phi) is 7.47. The Morgan fingerprint density at radius 2 is 1.95 bits per heavy atom. The molecule has 0 unspecified atom stereocenters. The summed E-state index contributed by atoms with van der Waals surface area (Å²) in [5.74, 6) is -1.53. The minimum Gasteiger partial charge on any atom is -0.340 e. The van der Waals surface area contributed by atoms with Crippen LogP contribution in [0.5, 0.6) is 0 Å². The van der Waals surface area contributed by atoms with Gasteiger partial charge in [-0.15, -0.1) is 0 Å². The zero-order valence-corrected chi connectivity index (χ0v) is 20.7. The number of likely N-dealkylation sites (tertiary alicyclic amines) is 1. The highest BCUT2D eigenvalue weighted by Gasteiger charge is 2.39. The summed E-state index contributed by atoms with van der Waals surface area (Å²) in [5, 5.41) is 6.19. The average molecular weight is 519 g/mol. The molecule has 1 aliphatic heterocycles. The summed E-state index contributed by atoms with van der Waals surface area (Å²) < 4.78 is 29.6. The van der Waals surface area contributed by atoms with E-state index in [2.05, 4.69) is 20.5 Å². The zero-order chi connectivity index (χ0) is 26.6. The monoisotopic (exact) mass is 518 g/mol. The molecule has 2 heterocycles. The number of nitrogens with one attached hydrogen (secondary N) is 2. The van der Waals surface area contributed by atoms with Crippen LogP contribution in [0, 0.1) is 18.2 Å². The number of imidazole rings is 1. The van der Waals surface area contributed by atoms with E-state index < -0.39 is 17.8 Å². The van der Waals surface area contributed by atoms with E-state index in [1.165, 1.54) is 30.6 Å². The van der Waals surface area contributed by atoms with Crippen molar-refractivity contribution >= 4 is 11.8 Å². The molecule has 2 amide bonds. The fourth-order valence-electron chi connectivity index (χ4n) is 4.78. The molecule has 5 rings (SSSR count). The van der Waals surface area contributed by atoms with E-state index >= 15 is 0 Å². The third-order valence-electron chi connectivity index (χ3n) is 7.12. The second-order valence-electron chi connectivity index (χ2n) is 9.78. The summed E-state index contributed by atoms with van der Waals surface area (Å²) in [6.45, 7) is 8.44. The number of nitrogens with zero attached hydrogens (tertiary/aromatic N) is 4. The number of hydrogen-bond donors (Lipinski definition) is 2. The first-order chi connectivity index (χ1) is 18.4. The topological polar surface area (TPSA) is 83.6 Å². The van der Waals surface area contributed by atoms with Crippen molar-refractivity contribution in [2.24, 2.45) is 0 Å². The molecule has 2 aliphatic rings. The van der Waals surface area contributed by atoms with Crippen LogP contribution in [0.15, 0.2) is 61.2 Å². The van der Waals surface area contributed by atoms with Crippen LogP contribution in [0.1, 0.15) is 41.1 Å². The number of benzene rings is 2. The summed E-state index contributed by atoms with van der Waals surface area (Å²) in [7, 11) is 0. The van der Waals surface area contributed by atoms with Crippen LogP contribution in [-0.4, -0.2) is 64.0 Å².